The van der Waals surface area contributed by atoms with Crippen molar-refractivity contribution in [1.29, 1.82) is 5.26 Å². The molecule has 0 saturated heterocycles. The average Bonchev–Trinajstić information content (AvgIpc) is 2.34. The van der Waals surface area contributed by atoms with E-state index in [0.717, 1.165) is 6.42 Å². The monoisotopic (exact) mass is 246 g/mol. The molecule has 5 nitrogen and oxygen atoms in total. The van der Waals surface area contributed by atoms with E-state index in [-0.39, 0.29) is 11.5 Å². The third-order valence-electron chi connectivity index (χ3n) is 2.74. The lowest BCUT2D eigenvalue weighted by Crippen LogP contribution is -2.14. The van der Waals surface area contributed by atoms with Crippen LogP contribution >= 0.6 is 0 Å². The lowest BCUT2D eigenvalue weighted by atomic mass is 9.92. The number of hydrogen-bond donors (Lipinski definition) is 0. The molecule has 1 unspecified atom stereocenters. The molecule has 1 aromatic carbocycles. The molecule has 0 aliphatic heterocycles. The van der Waals surface area contributed by atoms with Crippen molar-refractivity contribution in [2.45, 2.75) is 26.7 Å². The average molecular weight is 246 g/mol. The van der Waals surface area contributed by atoms with Gasteiger partial charge in [0, 0.05) is 17.7 Å². The molecule has 0 radical (unpaired) electrons. The fourth-order valence-corrected chi connectivity index (χ4v) is 1.77. The number of nitriles is 1. The second-order valence-corrected chi connectivity index (χ2v) is 4.09. The number of hydrogen-bond acceptors (Lipinski definition) is 4. The number of rotatable bonds is 5. The molecule has 1 rings (SSSR count). The van der Waals surface area contributed by atoms with Gasteiger partial charge >= 0.3 is 0 Å². The lowest BCUT2D eigenvalue weighted by molar-refractivity contribution is -0.384. The number of Topliss-reactive ketones (excluding diaryl/α,β-unsaturated/α-hetero) is 1. The highest BCUT2D eigenvalue weighted by atomic mass is 16.6. The predicted octanol–water partition coefficient (Wildman–Crippen LogP) is 3.03. The van der Waals surface area contributed by atoms with Crippen LogP contribution in [0.15, 0.2) is 18.2 Å². The van der Waals surface area contributed by atoms with E-state index in [1.165, 1.54) is 18.2 Å². The maximum absolute atomic E-state index is 12.1. The van der Waals surface area contributed by atoms with Gasteiger partial charge in [-0.3, -0.25) is 14.9 Å². The Morgan fingerprint density at radius 3 is 2.67 bits per heavy atom. The van der Waals surface area contributed by atoms with E-state index in [9.17, 15) is 14.9 Å². The van der Waals surface area contributed by atoms with Crippen molar-refractivity contribution in [2.75, 3.05) is 0 Å². The molecule has 1 atom stereocenters. The molecule has 0 spiro atoms. The topological polar surface area (TPSA) is 84.0 Å². The van der Waals surface area contributed by atoms with E-state index < -0.39 is 10.8 Å². The normalized spacial score (nSPS) is 11.6. The Balaban J connectivity index is 3.07. The Morgan fingerprint density at radius 1 is 1.56 bits per heavy atom. The highest BCUT2D eigenvalue weighted by molar-refractivity contribution is 6.00. The van der Waals surface area contributed by atoms with Crippen LogP contribution in [0.4, 0.5) is 5.69 Å². The highest BCUT2D eigenvalue weighted by Crippen LogP contribution is 2.21. The van der Waals surface area contributed by atoms with Crippen LogP contribution in [-0.4, -0.2) is 10.7 Å². The number of ketones is 1. The van der Waals surface area contributed by atoms with Crippen LogP contribution < -0.4 is 0 Å². The van der Waals surface area contributed by atoms with Crippen LogP contribution in [0.3, 0.4) is 0 Å². The zero-order valence-electron chi connectivity index (χ0n) is 10.3. The predicted molar refractivity (Wildman–Crippen MR) is 66.2 cm³/mol. The Morgan fingerprint density at radius 2 is 2.22 bits per heavy atom. The second kappa shape index (κ2) is 5.92. The molecule has 5 heteroatoms. The third kappa shape index (κ3) is 2.92. The smallest absolute Gasteiger partial charge is 0.269 e. The molecule has 18 heavy (non-hydrogen) atoms. The first-order valence-electron chi connectivity index (χ1n) is 5.70. The fourth-order valence-electron chi connectivity index (χ4n) is 1.77. The van der Waals surface area contributed by atoms with Gasteiger partial charge in [0.1, 0.15) is 5.92 Å². The Bertz CT molecular complexity index is 517. The van der Waals surface area contributed by atoms with Crippen molar-refractivity contribution in [2.24, 2.45) is 5.92 Å². The SMILES string of the molecule is CCCC(C#N)C(=O)c1ccc([N+](=O)[O-])cc1C. The van der Waals surface area contributed by atoms with Crippen LogP contribution in [0.25, 0.3) is 0 Å². The van der Waals surface area contributed by atoms with E-state index in [1.54, 1.807) is 6.92 Å². The summed E-state index contributed by atoms with van der Waals surface area (Å²) < 4.78 is 0. The minimum Gasteiger partial charge on any atom is -0.293 e. The Hall–Kier alpha value is -2.22. The van der Waals surface area contributed by atoms with Crippen molar-refractivity contribution in [3.8, 4) is 6.07 Å². The number of carbonyl (C=O) groups is 1. The summed E-state index contributed by atoms with van der Waals surface area (Å²) in [6.07, 6.45) is 1.25. The molecule has 0 fully saturated rings. The molecular weight excluding hydrogens is 232 g/mol. The standard InChI is InChI=1S/C13H14N2O3/c1-3-4-10(8-14)13(16)12-6-5-11(15(17)18)7-9(12)2/h5-7,10H,3-4H2,1-2H3. The first-order chi connectivity index (χ1) is 8.51. The van der Waals surface area contributed by atoms with Crippen LogP contribution in [0.1, 0.15) is 35.7 Å². The molecular formula is C13H14N2O3. The van der Waals surface area contributed by atoms with Gasteiger partial charge in [-0.15, -0.1) is 0 Å². The number of nitrogens with zero attached hydrogens (tertiary/aromatic N) is 2. The van der Waals surface area contributed by atoms with Gasteiger partial charge < -0.3 is 0 Å². The molecule has 0 heterocycles. The molecule has 1 aromatic rings. The number of aryl methyl sites for hydroxylation is 1. The van der Waals surface area contributed by atoms with Crippen molar-refractivity contribution >= 4 is 11.5 Å². The van der Waals surface area contributed by atoms with Crippen LogP contribution in [-0.2, 0) is 0 Å². The van der Waals surface area contributed by atoms with Gasteiger partial charge in [-0.2, -0.15) is 5.26 Å². The highest BCUT2D eigenvalue weighted by Gasteiger charge is 2.21. The third-order valence-corrected chi connectivity index (χ3v) is 2.74. The van der Waals surface area contributed by atoms with E-state index in [4.69, 9.17) is 5.26 Å². The van der Waals surface area contributed by atoms with Crippen molar-refractivity contribution in [3.63, 3.8) is 0 Å². The summed E-state index contributed by atoms with van der Waals surface area (Å²) >= 11 is 0. The molecule has 0 aliphatic carbocycles. The van der Waals surface area contributed by atoms with E-state index >= 15 is 0 Å². The largest absolute Gasteiger partial charge is 0.293 e. The Labute approximate surface area is 105 Å². The van der Waals surface area contributed by atoms with E-state index in [2.05, 4.69) is 0 Å². The molecule has 0 amide bonds. The quantitative estimate of drug-likeness (QED) is 0.454. The number of benzene rings is 1. The van der Waals surface area contributed by atoms with Crippen molar-refractivity contribution in [3.05, 3.63) is 39.4 Å². The molecule has 0 bridgehead atoms. The van der Waals surface area contributed by atoms with Gasteiger partial charge in [-0.1, -0.05) is 13.3 Å². The molecule has 94 valence electrons. The van der Waals surface area contributed by atoms with E-state index in [1.807, 2.05) is 13.0 Å². The van der Waals surface area contributed by atoms with Gasteiger partial charge in [0.05, 0.1) is 11.0 Å². The number of nitro benzene ring substituents is 1. The summed E-state index contributed by atoms with van der Waals surface area (Å²) in [7, 11) is 0. The van der Waals surface area contributed by atoms with Gasteiger partial charge in [0.2, 0.25) is 0 Å². The maximum atomic E-state index is 12.1. The van der Waals surface area contributed by atoms with Crippen LogP contribution in [0.2, 0.25) is 0 Å². The van der Waals surface area contributed by atoms with Crippen molar-refractivity contribution < 1.29 is 9.72 Å². The second-order valence-electron chi connectivity index (χ2n) is 4.09. The van der Waals surface area contributed by atoms with Crippen molar-refractivity contribution in [1.82, 2.24) is 0 Å². The number of nitro groups is 1. The summed E-state index contributed by atoms with van der Waals surface area (Å²) in [5, 5.41) is 19.5. The summed E-state index contributed by atoms with van der Waals surface area (Å²) in [4.78, 5) is 22.2. The van der Waals surface area contributed by atoms with Gasteiger partial charge in [-0.25, -0.2) is 0 Å². The van der Waals surface area contributed by atoms with Gasteiger partial charge in [0.15, 0.2) is 5.78 Å². The number of non-ortho nitro benzene ring substituents is 1. The Kier molecular flexibility index (Phi) is 4.55. The summed E-state index contributed by atoms with van der Waals surface area (Å²) in [5.74, 6) is -0.929. The zero-order chi connectivity index (χ0) is 13.7. The van der Waals surface area contributed by atoms with Gasteiger partial charge in [0.25, 0.3) is 5.69 Å². The zero-order valence-corrected chi connectivity index (χ0v) is 10.3. The molecule has 0 aromatic heterocycles. The fraction of sp³-hybridized carbons (Fsp3) is 0.385. The minimum atomic E-state index is -0.671. The van der Waals surface area contributed by atoms with Gasteiger partial charge in [-0.05, 0) is 25.0 Å². The number of carbonyl (C=O) groups excluding carboxylic acids is 1. The lowest BCUT2D eigenvalue weighted by Gasteiger charge is -2.08. The molecule has 0 aliphatic rings. The summed E-state index contributed by atoms with van der Waals surface area (Å²) in [5.41, 5.74) is 0.874. The molecule has 0 saturated carbocycles. The minimum absolute atomic E-state index is 0.0481. The summed E-state index contributed by atoms with van der Waals surface area (Å²) in [6, 6.07) is 6.06. The summed E-state index contributed by atoms with van der Waals surface area (Å²) in [6.45, 7) is 3.54. The van der Waals surface area contributed by atoms with Crippen LogP contribution in [0.5, 0.6) is 0 Å². The van der Waals surface area contributed by atoms with E-state index in [0.29, 0.717) is 17.5 Å². The first kappa shape index (κ1) is 13.8. The first-order valence-corrected chi connectivity index (χ1v) is 5.70. The maximum Gasteiger partial charge on any atom is 0.269 e. The molecule has 0 N–H and O–H groups in total. The van der Waals surface area contributed by atoms with Crippen LogP contribution in [0, 0.1) is 34.3 Å².